The van der Waals surface area contributed by atoms with Crippen LogP contribution in [0.15, 0.2) is 9.59 Å². The summed E-state index contributed by atoms with van der Waals surface area (Å²) in [5.74, 6) is -0.184. The van der Waals surface area contributed by atoms with Crippen molar-refractivity contribution >= 4 is 17.4 Å². The Kier molecular flexibility index (Phi) is 5.63. The van der Waals surface area contributed by atoms with Crippen LogP contribution in [-0.2, 0) is 17.9 Å². The lowest BCUT2D eigenvalue weighted by atomic mass is 10.1. The first-order chi connectivity index (χ1) is 11.0. The second-order valence-corrected chi connectivity index (χ2v) is 6.12. The molecule has 0 radical (unpaired) electrons. The van der Waals surface area contributed by atoms with Crippen LogP contribution in [-0.4, -0.2) is 15.0 Å². The molecular formula is C16H26N4O3. The normalized spacial score (nSPS) is 15.0. The molecule has 0 aliphatic heterocycles. The predicted octanol–water partition coefficient (Wildman–Crippen LogP) is 1.54. The Balaban J connectivity index is 2.46. The monoisotopic (exact) mass is 322 g/mol. The lowest BCUT2D eigenvalue weighted by Gasteiger charge is -2.17. The van der Waals surface area contributed by atoms with E-state index in [9.17, 15) is 14.4 Å². The molecule has 7 nitrogen and oxygen atoms in total. The molecule has 0 unspecified atom stereocenters. The quantitative estimate of drug-likeness (QED) is 0.830. The highest BCUT2D eigenvalue weighted by Gasteiger charge is 2.25. The number of aromatic nitrogens is 2. The molecule has 0 spiro atoms. The number of hydrogen-bond acceptors (Lipinski definition) is 4. The van der Waals surface area contributed by atoms with Crippen LogP contribution in [0.5, 0.6) is 0 Å². The van der Waals surface area contributed by atoms with Crippen LogP contribution in [0.4, 0.5) is 11.5 Å². The zero-order chi connectivity index (χ0) is 17.0. The summed E-state index contributed by atoms with van der Waals surface area (Å²) >= 11 is 0. The first kappa shape index (κ1) is 17.3. The maximum Gasteiger partial charge on any atom is 0.332 e. The number of nitrogens with zero attached hydrogens (tertiary/aromatic N) is 2. The van der Waals surface area contributed by atoms with E-state index in [-0.39, 0.29) is 23.3 Å². The smallest absolute Gasteiger partial charge is 0.332 e. The van der Waals surface area contributed by atoms with Gasteiger partial charge in [-0.2, -0.15) is 0 Å². The fourth-order valence-electron chi connectivity index (χ4n) is 3.11. The van der Waals surface area contributed by atoms with Crippen LogP contribution in [0.3, 0.4) is 0 Å². The molecule has 1 aliphatic carbocycles. The Bertz CT molecular complexity index is 684. The summed E-state index contributed by atoms with van der Waals surface area (Å²) in [6.07, 6.45) is 5.10. The molecule has 1 fully saturated rings. The zero-order valence-corrected chi connectivity index (χ0v) is 13.9. The number of rotatable bonds is 6. The van der Waals surface area contributed by atoms with Crippen LogP contribution in [0.2, 0.25) is 0 Å². The van der Waals surface area contributed by atoms with Gasteiger partial charge in [0.1, 0.15) is 11.5 Å². The van der Waals surface area contributed by atoms with Crippen LogP contribution in [0.25, 0.3) is 0 Å². The second kappa shape index (κ2) is 7.48. The standard InChI is InChI=1S/C16H26N4O3/c1-3-9-19-13(17)12(15(22)20(10-4-2)16(19)23)18-14(21)11-7-5-6-8-11/h11H,3-10,17H2,1-2H3,(H,18,21). The largest absolute Gasteiger partial charge is 0.383 e. The maximum atomic E-state index is 12.6. The molecule has 0 atom stereocenters. The molecule has 3 N–H and O–H groups in total. The van der Waals surface area contributed by atoms with Gasteiger partial charge in [0.25, 0.3) is 5.56 Å². The Labute approximate surface area is 135 Å². The zero-order valence-electron chi connectivity index (χ0n) is 13.9. The highest BCUT2D eigenvalue weighted by atomic mass is 16.2. The Hall–Kier alpha value is -2.05. The van der Waals surface area contributed by atoms with Crippen LogP contribution in [0.1, 0.15) is 52.4 Å². The highest BCUT2D eigenvalue weighted by Crippen LogP contribution is 2.26. The van der Waals surface area contributed by atoms with Crippen molar-refractivity contribution in [2.75, 3.05) is 11.1 Å². The molecule has 0 saturated heterocycles. The predicted molar refractivity (Wildman–Crippen MR) is 90.5 cm³/mol. The first-order valence-electron chi connectivity index (χ1n) is 8.45. The van der Waals surface area contributed by atoms with Gasteiger partial charge in [-0.05, 0) is 25.7 Å². The third kappa shape index (κ3) is 3.48. The summed E-state index contributed by atoms with van der Waals surface area (Å²) in [5.41, 5.74) is 5.15. The third-order valence-corrected chi connectivity index (χ3v) is 4.34. The molecular weight excluding hydrogens is 296 g/mol. The average molecular weight is 322 g/mol. The van der Waals surface area contributed by atoms with E-state index in [2.05, 4.69) is 5.32 Å². The van der Waals surface area contributed by atoms with Gasteiger partial charge in [0.2, 0.25) is 5.91 Å². The van der Waals surface area contributed by atoms with Gasteiger partial charge in [-0.15, -0.1) is 0 Å². The van der Waals surface area contributed by atoms with Crippen molar-refractivity contribution in [1.82, 2.24) is 9.13 Å². The minimum absolute atomic E-state index is 0.0448. The van der Waals surface area contributed by atoms with Gasteiger partial charge in [0.05, 0.1) is 0 Å². The van der Waals surface area contributed by atoms with E-state index in [1.807, 2.05) is 13.8 Å². The van der Waals surface area contributed by atoms with Crippen molar-refractivity contribution in [3.05, 3.63) is 20.8 Å². The van der Waals surface area contributed by atoms with E-state index in [1.54, 1.807) is 0 Å². The van der Waals surface area contributed by atoms with Gasteiger partial charge in [-0.1, -0.05) is 26.7 Å². The molecule has 0 bridgehead atoms. The summed E-state index contributed by atoms with van der Waals surface area (Å²) < 4.78 is 2.54. The lowest BCUT2D eigenvalue weighted by molar-refractivity contribution is -0.119. The third-order valence-electron chi connectivity index (χ3n) is 4.34. The molecule has 2 rings (SSSR count). The second-order valence-electron chi connectivity index (χ2n) is 6.12. The molecule has 23 heavy (non-hydrogen) atoms. The maximum absolute atomic E-state index is 12.6. The molecule has 128 valence electrons. The summed E-state index contributed by atoms with van der Waals surface area (Å²) in [6.45, 7) is 4.55. The molecule has 1 aromatic rings. The molecule has 1 aliphatic rings. The summed E-state index contributed by atoms with van der Waals surface area (Å²) in [7, 11) is 0. The van der Waals surface area contributed by atoms with Crippen LogP contribution >= 0.6 is 0 Å². The Morgan fingerprint density at radius 2 is 1.70 bits per heavy atom. The van der Waals surface area contributed by atoms with Crippen molar-refractivity contribution < 1.29 is 4.79 Å². The fraction of sp³-hybridized carbons (Fsp3) is 0.688. The summed E-state index contributed by atoms with van der Waals surface area (Å²) in [6, 6.07) is 0. The number of nitrogens with two attached hydrogens (primary N) is 1. The number of nitrogen functional groups attached to an aromatic ring is 1. The van der Waals surface area contributed by atoms with Gasteiger partial charge >= 0.3 is 5.69 Å². The number of carbonyl (C=O) groups excluding carboxylic acids is 1. The van der Waals surface area contributed by atoms with Crippen molar-refractivity contribution in [1.29, 1.82) is 0 Å². The number of hydrogen-bond donors (Lipinski definition) is 2. The van der Waals surface area contributed by atoms with Crippen LogP contribution in [0, 0.1) is 5.92 Å². The number of carbonyl (C=O) groups is 1. The van der Waals surface area contributed by atoms with E-state index in [0.29, 0.717) is 25.9 Å². The Morgan fingerprint density at radius 3 is 2.26 bits per heavy atom. The van der Waals surface area contributed by atoms with Crippen molar-refractivity contribution in [2.45, 2.75) is 65.5 Å². The van der Waals surface area contributed by atoms with E-state index < -0.39 is 11.2 Å². The highest BCUT2D eigenvalue weighted by molar-refractivity contribution is 5.94. The van der Waals surface area contributed by atoms with Gasteiger partial charge in [-0.25, -0.2) is 4.79 Å². The number of nitrogens with one attached hydrogen (secondary N) is 1. The molecule has 1 heterocycles. The first-order valence-corrected chi connectivity index (χ1v) is 8.45. The Morgan fingerprint density at radius 1 is 1.13 bits per heavy atom. The minimum Gasteiger partial charge on any atom is -0.383 e. The molecule has 1 saturated carbocycles. The molecule has 7 heteroatoms. The fourth-order valence-corrected chi connectivity index (χ4v) is 3.11. The summed E-state index contributed by atoms with van der Waals surface area (Å²) in [5, 5.41) is 2.69. The lowest BCUT2D eigenvalue weighted by Crippen LogP contribution is -2.43. The van der Waals surface area contributed by atoms with E-state index in [0.717, 1.165) is 30.3 Å². The SMILES string of the molecule is CCCn1c(N)c(NC(=O)C2CCCC2)c(=O)n(CCC)c1=O. The minimum atomic E-state index is -0.506. The topological polar surface area (TPSA) is 99.1 Å². The van der Waals surface area contributed by atoms with Gasteiger partial charge < -0.3 is 11.1 Å². The van der Waals surface area contributed by atoms with E-state index >= 15 is 0 Å². The van der Waals surface area contributed by atoms with Crippen molar-refractivity contribution in [3.63, 3.8) is 0 Å². The molecule has 1 aromatic heterocycles. The number of anilines is 2. The molecule has 1 amide bonds. The van der Waals surface area contributed by atoms with Gasteiger partial charge in [0, 0.05) is 19.0 Å². The van der Waals surface area contributed by atoms with E-state index in [4.69, 9.17) is 5.73 Å². The summed E-state index contributed by atoms with van der Waals surface area (Å²) in [4.78, 5) is 37.3. The van der Waals surface area contributed by atoms with Crippen molar-refractivity contribution in [2.24, 2.45) is 5.92 Å². The van der Waals surface area contributed by atoms with E-state index in [1.165, 1.54) is 4.57 Å². The molecule has 0 aromatic carbocycles. The van der Waals surface area contributed by atoms with Crippen molar-refractivity contribution in [3.8, 4) is 0 Å². The average Bonchev–Trinajstić information content (AvgIpc) is 3.06. The van der Waals surface area contributed by atoms with Gasteiger partial charge in [0.15, 0.2) is 0 Å². The van der Waals surface area contributed by atoms with Crippen LogP contribution < -0.4 is 22.3 Å². The number of amides is 1. The van der Waals surface area contributed by atoms with Gasteiger partial charge in [-0.3, -0.25) is 18.7 Å².